The molecule has 0 amide bonds. The maximum Gasteiger partial charge on any atom is 0.124 e. The summed E-state index contributed by atoms with van der Waals surface area (Å²) in [6, 6.07) is 6.34. The molecule has 15 heavy (non-hydrogen) atoms. The van der Waals surface area contributed by atoms with Crippen LogP contribution in [0.25, 0.3) is 0 Å². The lowest BCUT2D eigenvalue weighted by Gasteiger charge is -2.12. The zero-order valence-electron chi connectivity index (χ0n) is 7.78. The molecule has 0 radical (unpaired) electrons. The van der Waals surface area contributed by atoms with Gasteiger partial charge in [-0.3, -0.25) is 0 Å². The molecule has 4 heteroatoms. The largest absolute Gasteiger partial charge is 0.320 e. The van der Waals surface area contributed by atoms with Crippen molar-refractivity contribution in [1.82, 2.24) is 0 Å². The van der Waals surface area contributed by atoms with Gasteiger partial charge >= 0.3 is 0 Å². The van der Waals surface area contributed by atoms with Crippen LogP contribution in [0.1, 0.15) is 17.2 Å². The van der Waals surface area contributed by atoms with Gasteiger partial charge in [-0.25, -0.2) is 4.39 Å². The summed E-state index contributed by atoms with van der Waals surface area (Å²) in [4.78, 5) is 0. The molecule has 0 aliphatic carbocycles. The number of hydrogen-bond donors (Lipinski definition) is 1. The zero-order valence-corrected chi connectivity index (χ0v) is 10.2. The molecular weight excluding hydrogens is 277 g/mol. The van der Waals surface area contributed by atoms with E-state index in [9.17, 15) is 4.39 Å². The van der Waals surface area contributed by atoms with Crippen LogP contribution >= 0.6 is 27.3 Å². The first-order valence-corrected chi connectivity index (χ1v) is 6.14. The van der Waals surface area contributed by atoms with Crippen LogP contribution in [0.15, 0.2) is 39.5 Å². The van der Waals surface area contributed by atoms with Crippen LogP contribution in [-0.2, 0) is 0 Å². The molecule has 0 unspecified atom stereocenters. The minimum atomic E-state index is -0.261. The molecule has 1 aromatic carbocycles. The number of nitrogens with two attached hydrogens (primary N) is 1. The Balaban J connectivity index is 2.38. The van der Waals surface area contributed by atoms with Crippen LogP contribution < -0.4 is 5.73 Å². The van der Waals surface area contributed by atoms with E-state index in [1.165, 1.54) is 12.1 Å². The zero-order chi connectivity index (χ0) is 10.8. The predicted octanol–water partition coefficient (Wildman–Crippen LogP) is 3.70. The summed E-state index contributed by atoms with van der Waals surface area (Å²) in [5, 5.41) is 3.98. The summed E-state index contributed by atoms with van der Waals surface area (Å²) >= 11 is 4.92. The topological polar surface area (TPSA) is 26.0 Å². The molecule has 0 saturated heterocycles. The van der Waals surface area contributed by atoms with Crippen molar-refractivity contribution in [3.8, 4) is 0 Å². The molecule has 0 aliphatic rings. The third-order valence-corrected chi connectivity index (χ3v) is 3.59. The van der Waals surface area contributed by atoms with Gasteiger partial charge in [0.1, 0.15) is 5.82 Å². The molecule has 1 heterocycles. The van der Waals surface area contributed by atoms with E-state index in [1.54, 1.807) is 17.4 Å². The Morgan fingerprint density at radius 1 is 1.33 bits per heavy atom. The highest BCUT2D eigenvalue weighted by Crippen LogP contribution is 2.28. The summed E-state index contributed by atoms with van der Waals surface area (Å²) in [6.45, 7) is 0. The normalized spacial score (nSPS) is 12.7. The Bertz CT molecular complexity index is 456. The molecule has 2 aromatic rings. The lowest BCUT2D eigenvalue weighted by molar-refractivity contribution is 0.625. The average Bonchev–Trinajstić information content (AvgIpc) is 2.69. The van der Waals surface area contributed by atoms with Gasteiger partial charge in [-0.2, -0.15) is 11.3 Å². The Morgan fingerprint density at radius 2 is 2.13 bits per heavy atom. The van der Waals surface area contributed by atoms with Crippen molar-refractivity contribution < 1.29 is 4.39 Å². The number of benzene rings is 1. The molecule has 0 spiro atoms. The van der Waals surface area contributed by atoms with Gasteiger partial charge in [-0.1, -0.05) is 22.0 Å². The first kappa shape index (κ1) is 10.8. The van der Waals surface area contributed by atoms with Gasteiger partial charge in [0.2, 0.25) is 0 Å². The maximum atomic E-state index is 12.9. The first-order chi connectivity index (χ1) is 7.18. The molecule has 0 fully saturated rings. The highest BCUT2D eigenvalue weighted by atomic mass is 79.9. The average molecular weight is 286 g/mol. The van der Waals surface area contributed by atoms with Crippen molar-refractivity contribution in [3.63, 3.8) is 0 Å². The summed E-state index contributed by atoms with van der Waals surface area (Å²) in [5.74, 6) is -0.261. The van der Waals surface area contributed by atoms with E-state index in [4.69, 9.17) is 5.73 Å². The van der Waals surface area contributed by atoms with Crippen LogP contribution in [0.2, 0.25) is 0 Å². The number of rotatable bonds is 2. The fourth-order valence-electron chi connectivity index (χ4n) is 1.39. The minimum absolute atomic E-state index is 0.203. The maximum absolute atomic E-state index is 12.9. The van der Waals surface area contributed by atoms with Gasteiger partial charge in [0.25, 0.3) is 0 Å². The van der Waals surface area contributed by atoms with Crippen molar-refractivity contribution in [2.45, 2.75) is 6.04 Å². The second-order valence-corrected chi connectivity index (χ2v) is 4.83. The number of hydrogen-bond acceptors (Lipinski definition) is 2. The number of thiophene rings is 1. The Morgan fingerprint density at radius 3 is 2.73 bits per heavy atom. The van der Waals surface area contributed by atoms with Crippen molar-refractivity contribution in [2.75, 3.05) is 0 Å². The number of halogens is 2. The SMILES string of the molecule is N[C@@H](c1ccsc1)c1ccc(F)cc1Br. The molecule has 78 valence electrons. The van der Waals surface area contributed by atoms with Crippen molar-refractivity contribution in [2.24, 2.45) is 5.73 Å². The van der Waals surface area contributed by atoms with E-state index in [2.05, 4.69) is 15.9 Å². The predicted molar refractivity (Wildman–Crippen MR) is 64.4 cm³/mol. The van der Waals surface area contributed by atoms with Crippen LogP contribution in [0.3, 0.4) is 0 Å². The van der Waals surface area contributed by atoms with Gasteiger partial charge in [-0.05, 0) is 40.1 Å². The van der Waals surface area contributed by atoms with Crippen LogP contribution in [0.5, 0.6) is 0 Å². The highest BCUT2D eigenvalue weighted by Gasteiger charge is 2.12. The molecule has 0 saturated carbocycles. The van der Waals surface area contributed by atoms with Crippen LogP contribution in [0, 0.1) is 5.82 Å². The lowest BCUT2D eigenvalue weighted by atomic mass is 10.0. The molecule has 1 atom stereocenters. The molecule has 2 N–H and O–H groups in total. The second-order valence-electron chi connectivity index (χ2n) is 3.20. The first-order valence-electron chi connectivity index (χ1n) is 4.41. The van der Waals surface area contributed by atoms with Crippen molar-refractivity contribution in [1.29, 1.82) is 0 Å². The second kappa shape index (κ2) is 4.43. The van der Waals surface area contributed by atoms with Crippen molar-refractivity contribution >= 4 is 27.3 Å². The van der Waals surface area contributed by atoms with E-state index in [-0.39, 0.29) is 11.9 Å². The molecule has 1 aromatic heterocycles. The van der Waals surface area contributed by atoms with E-state index < -0.39 is 0 Å². The van der Waals surface area contributed by atoms with Gasteiger partial charge in [0, 0.05) is 4.47 Å². The standard InChI is InChI=1S/C11H9BrFNS/c12-10-5-8(13)1-2-9(10)11(14)7-3-4-15-6-7/h1-6,11H,14H2/t11-/m0/s1. The fraction of sp³-hybridized carbons (Fsp3) is 0.0909. The minimum Gasteiger partial charge on any atom is -0.320 e. The Kier molecular flexibility index (Phi) is 3.19. The third-order valence-electron chi connectivity index (χ3n) is 2.20. The van der Waals surface area contributed by atoms with E-state index in [0.717, 1.165) is 11.1 Å². The lowest BCUT2D eigenvalue weighted by Crippen LogP contribution is -2.11. The smallest absolute Gasteiger partial charge is 0.124 e. The van der Waals surface area contributed by atoms with E-state index in [1.807, 2.05) is 16.8 Å². The molecule has 2 rings (SSSR count). The summed E-state index contributed by atoms with van der Waals surface area (Å²) < 4.78 is 13.6. The van der Waals surface area contributed by atoms with Gasteiger partial charge in [-0.15, -0.1) is 0 Å². The molecule has 0 aliphatic heterocycles. The van der Waals surface area contributed by atoms with Crippen molar-refractivity contribution in [3.05, 3.63) is 56.4 Å². The molecule has 0 bridgehead atoms. The summed E-state index contributed by atoms with van der Waals surface area (Å²) in [6.07, 6.45) is 0. The summed E-state index contributed by atoms with van der Waals surface area (Å²) in [7, 11) is 0. The van der Waals surface area contributed by atoms with Gasteiger partial charge < -0.3 is 5.73 Å². The molecule has 1 nitrogen and oxygen atoms in total. The fourth-order valence-corrected chi connectivity index (χ4v) is 2.68. The van der Waals surface area contributed by atoms with Gasteiger partial charge in [0.15, 0.2) is 0 Å². The van der Waals surface area contributed by atoms with E-state index >= 15 is 0 Å². The summed E-state index contributed by atoms with van der Waals surface area (Å²) in [5.41, 5.74) is 8.01. The van der Waals surface area contributed by atoms with Crippen LogP contribution in [0.4, 0.5) is 4.39 Å². The van der Waals surface area contributed by atoms with E-state index in [0.29, 0.717) is 4.47 Å². The molecular formula is C11H9BrFNS. The quantitative estimate of drug-likeness (QED) is 0.895. The van der Waals surface area contributed by atoms with Crippen LogP contribution in [-0.4, -0.2) is 0 Å². The Labute approximate surface area is 99.9 Å². The van der Waals surface area contributed by atoms with Gasteiger partial charge in [0.05, 0.1) is 6.04 Å². The Hall–Kier alpha value is -0.710. The third kappa shape index (κ3) is 2.27. The highest BCUT2D eigenvalue weighted by molar-refractivity contribution is 9.10. The monoisotopic (exact) mass is 285 g/mol.